The van der Waals surface area contributed by atoms with Crippen LogP contribution in [0.1, 0.15) is 38.5 Å². The Balaban J connectivity index is 1.65. The summed E-state index contributed by atoms with van der Waals surface area (Å²) in [6, 6.07) is 0. The van der Waals surface area contributed by atoms with E-state index in [4.69, 9.17) is 4.18 Å². The highest BCUT2D eigenvalue weighted by Gasteiger charge is 2.34. The van der Waals surface area contributed by atoms with E-state index in [1.807, 2.05) is 11.8 Å². The van der Waals surface area contributed by atoms with E-state index in [2.05, 4.69) is 0 Å². The molecule has 5 heteroatoms. The molecule has 0 unspecified atom stereocenters. The van der Waals surface area contributed by atoms with E-state index >= 15 is 0 Å². The summed E-state index contributed by atoms with van der Waals surface area (Å²) in [5, 5.41) is 1.47. The summed E-state index contributed by atoms with van der Waals surface area (Å²) in [5.41, 5.74) is 0. The van der Waals surface area contributed by atoms with Gasteiger partial charge < -0.3 is 0 Å². The van der Waals surface area contributed by atoms with Crippen molar-refractivity contribution in [2.75, 3.05) is 6.26 Å². The minimum atomic E-state index is -3.24. The molecular weight excluding hydrogens is 232 g/mol. The molecule has 0 aromatic rings. The molecule has 15 heavy (non-hydrogen) atoms. The second-order valence-electron chi connectivity index (χ2n) is 4.56. The largest absolute Gasteiger partial charge is 0.267 e. The van der Waals surface area contributed by atoms with Gasteiger partial charge in [-0.25, -0.2) is 0 Å². The van der Waals surface area contributed by atoms with Gasteiger partial charge in [-0.1, -0.05) is 12.8 Å². The fraction of sp³-hybridized carbons (Fsp3) is 1.00. The maximum atomic E-state index is 10.9. The maximum absolute atomic E-state index is 10.9. The molecule has 0 aromatic heterocycles. The van der Waals surface area contributed by atoms with Gasteiger partial charge in [-0.05, 0) is 25.7 Å². The third-order valence-corrected chi connectivity index (χ3v) is 5.30. The van der Waals surface area contributed by atoms with Crippen LogP contribution in [0, 0.1) is 0 Å². The summed E-state index contributed by atoms with van der Waals surface area (Å²) in [4.78, 5) is 0. The zero-order valence-corrected chi connectivity index (χ0v) is 10.6. The van der Waals surface area contributed by atoms with Gasteiger partial charge >= 0.3 is 0 Å². The van der Waals surface area contributed by atoms with Gasteiger partial charge in [0.05, 0.1) is 12.4 Å². The Morgan fingerprint density at radius 1 is 1.13 bits per heavy atom. The van der Waals surface area contributed by atoms with Gasteiger partial charge in [-0.2, -0.15) is 20.2 Å². The first kappa shape index (κ1) is 11.7. The van der Waals surface area contributed by atoms with Gasteiger partial charge in [-0.15, -0.1) is 0 Å². The highest BCUT2D eigenvalue weighted by molar-refractivity contribution is 8.00. The molecule has 2 fully saturated rings. The Morgan fingerprint density at radius 3 is 2.27 bits per heavy atom. The molecule has 0 N–H and O–H groups in total. The number of hydrogen-bond acceptors (Lipinski definition) is 4. The predicted molar refractivity (Wildman–Crippen MR) is 62.6 cm³/mol. The molecule has 3 nitrogen and oxygen atoms in total. The van der Waals surface area contributed by atoms with E-state index in [9.17, 15) is 8.42 Å². The number of hydrogen-bond donors (Lipinski definition) is 0. The standard InChI is InChI=1S/C10H18O3S2/c1-15(11,12)13-8-6-10(7-8)14-9-4-2-3-5-9/h8-10H,2-7H2,1H3. The molecule has 0 radical (unpaired) electrons. The Labute approximate surface area is 96.1 Å². The molecule has 0 spiro atoms. The highest BCUT2D eigenvalue weighted by atomic mass is 32.2. The van der Waals surface area contributed by atoms with Crippen LogP contribution < -0.4 is 0 Å². The highest BCUT2D eigenvalue weighted by Crippen LogP contribution is 2.41. The van der Waals surface area contributed by atoms with Crippen molar-refractivity contribution in [2.24, 2.45) is 0 Å². The van der Waals surface area contributed by atoms with E-state index in [1.165, 1.54) is 25.7 Å². The zero-order valence-electron chi connectivity index (χ0n) is 9.02. The van der Waals surface area contributed by atoms with Crippen LogP contribution in [0.25, 0.3) is 0 Å². The Kier molecular flexibility index (Phi) is 3.63. The van der Waals surface area contributed by atoms with Crippen LogP contribution in [0.3, 0.4) is 0 Å². The summed E-state index contributed by atoms with van der Waals surface area (Å²) < 4.78 is 26.6. The van der Waals surface area contributed by atoms with E-state index < -0.39 is 10.1 Å². The first-order chi connectivity index (χ1) is 7.03. The van der Waals surface area contributed by atoms with E-state index in [-0.39, 0.29) is 6.10 Å². The lowest BCUT2D eigenvalue weighted by Crippen LogP contribution is -2.35. The molecular formula is C10H18O3S2. The number of thioether (sulfide) groups is 1. The van der Waals surface area contributed by atoms with Crippen LogP contribution in [0.2, 0.25) is 0 Å². The summed E-state index contributed by atoms with van der Waals surface area (Å²) in [6.07, 6.45) is 8.34. The van der Waals surface area contributed by atoms with Crippen LogP contribution in [0.15, 0.2) is 0 Å². The Hall–Kier alpha value is 0.260. The lowest BCUT2D eigenvalue weighted by Gasteiger charge is -2.35. The van der Waals surface area contributed by atoms with E-state index in [0.29, 0.717) is 5.25 Å². The quantitative estimate of drug-likeness (QED) is 0.717. The van der Waals surface area contributed by atoms with E-state index in [0.717, 1.165) is 24.3 Å². The molecule has 2 aliphatic rings. The second-order valence-corrected chi connectivity index (χ2v) is 7.76. The fourth-order valence-electron chi connectivity index (χ4n) is 2.25. The Morgan fingerprint density at radius 2 is 1.73 bits per heavy atom. The summed E-state index contributed by atoms with van der Waals surface area (Å²) >= 11 is 2.05. The normalized spacial score (nSPS) is 32.9. The van der Waals surface area contributed by atoms with Crippen molar-refractivity contribution < 1.29 is 12.6 Å². The molecule has 2 saturated carbocycles. The predicted octanol–water partition coefficient (Wildman–Crippen LogP) is 2.17. The average Bonchev–Trinajstić information content (AvgIpc) is 2.50. The molecule has 0 bridgehead atoms. The molecule has 0 aliphatic heterocycles. The van der Waals surface area contributed by atoms with Crippen LogP contribution >= 0.6 is 11.8 Å². The summed E-state index contributed by atoms with van der Waals surface area (Å²) in [6.45, 7) is 0. The molecule has 2 aliphatic carbocycles. The van der Waals surface area contributed by atoms with Gasteiger partial charge in [0.1, 0.15) is 0 Å². The smallest absolute Gasteiger partial charge is 0.264 e. The second kappa shape index (κ2) is 4.63. The van der Waals surface area contributed by atoms with Crippen LogP contribution in [0.4, 0.5) is 0 Å². The van der Waals surface area contributed by atoms with Gasteiger partial charge in [0, 0.05) is 10.5 Å². The fourth-order valence-corrected chi connectivity index (χ4v) is 4.70. The van der Waals surface area contributed by atoms with Crippen LogP contribution in [0.5, 0.6) is 0 Å². The van der Waals surface area contributed by atoms with Crippen molar-refractivity contribution in [1.82, 2.24) is 0 Å². The van der Waals surface area contributed by atoms with Crippen LogP contribution in [-0.2, 0) is 14.3 Å². The number of rotatable bonds is 4. The van der Waals surface area contributed by atoms with Gasteiger partial charge in [0.25, 0.3) is 10.1 Å². The van der Waals surface area contributed by atoms with Crippen molar-refractivity contribution in [3.05, 3.63) is 0 Å². The van der Waals surface area contributed by atoms with Gasteiger partial charge in [0.15, 0.2) is 0 Å². The monoisotopic (exact) mass is 250 g/mol. The minimum Gasteiger partial charge on any atom is -0.267 e. The molecule has 0 atom stereocenters. The average molecular weight is 250 g/mol. The zero-order chi connectivity index (χ0) is 10.9. The van der Waals surface area contributed by atoms with Gasteiger partial charge in [0.2, 0.25) is 0 Å². The molecule has 0 saturated heterocycles. The maximum Gasteiger partial charge on any atom is 0.264 e. The molecule has 0 amide bonds. The summed E-state index contributed by atoms with van der Waals surface area (Å²) in [5.74, 6) is 0. The van der Waals surface area contributed by atoms with Crippen molar-refractivity contribution in [3.63, 3.8) is 0 Å². The van der Waals surface area contributed by atoms with Crippen molar-refractivity contribution in [3.8, 4) is 0 Å². The summed E-state index contributed by atoms with van der Waals surface area (Å²) in [7, 11) is -3.24. The van der Waals surface area contributed by atoms with Crippen molar-refractivity contribution >= 4 is 21.9 Å². The lowest BCUT2D eigenvalue weighted by molar-refractivity contribution is 0.135. The first-order valence-electron chi connectivity index (χ1n) is 5.56. The topological polar surface area (TPSA) is 43.4 Å². The SMILES string of the molecule is CS(=O)(=O)OC1CC(SC2CCCC2)C1. The van der Waals surface area contributed by atoms with E-state index in [1.54, 1.807) is 0 Å². The first-order valence-corrected chi connectivity index (χ1v) is 8.32. The third kappa shape index (κ3) is 3.64. The van der Waals surface area contributed by atoms with Crippen molar-refractivity contribution in [2.45, 2.75) is 55.1 Å². The molecule has 0 aromatic carbocycles. The third-order valence-electron chi connectivity index (χ3n) is 3.05. The van der Waals surface area contributed by atoms with Crippen molar-refractivity contribution in [1.29, 1.82) is 0 Å². The minimum absolute atomic E-state index is 0.0427. The molecule has 2 rings (SSSR count). The lowest BCUT2D eigenvalue weighted by atomic mass is 9.96. The Bertz CT molecular complexity index is 301. The van der Waals surface area contributed by atoms with Crippen LogP contribution in [-0.4, -0.2) is 31.3 Å². The molecule has 88 valence electrons. The molecule has 0 heterocycles. The van der Waals surface area contributed by atoms with Gasteiger partial charge in [-0.3, -0.25) is 4.18 Å².